The third-order valence-corrected chi connectivity index (χ3v) is 5.15. The van der Waals surface area contributed by atoms with Crippen LogP contribution >= 0.6 is 11.3 Å². The Hall–Kier alpha value is -2.99. The van der Waals surface area contributed by atoms with Gasteiger partial charge in [-0.1, -0.05) is 18.2 Å². The number of aromatic nitrogens is 2. The fourth-order valence-corrected chi connectivity index (χ4v) is 3.88. The highest BCUT2D eigenvalue weighted by Crippen LogP contribution is 2.33. The standard InChI is InChI=1S/C19H16N4OS/c1-10-7-8-13-16(20)17(25-19(13)22-10)18(24)23-15-9-11(2)21-14-6-4-3-5-12(14)15/h3-9H,20H2,1-2H3,(H,21,23,24). The third kappa shape index (κ3) is 2.70. The summed E-state index contributed by atoms with van der Waals surface area (Å²) in [7, 11) is 0. The first-order valence-electron chi connectivity index (χ1n) is 7.86. The van der Waals surface area contributed by atoms with E-state index in [1.54, 1.807) is 0 Å². The Morgan fingerprint density at radius 2 is 1.84 bits per heavy atom. The molecule has 1 amide bonds. The van der Waals surface area contributed by atoms with Gasteiger partial charge in [0, 0.05) is 22.2 Å². The van der Waals surface area contributed by atoms with Crippen LogP contribution in [0.1, 0.15) is 21.1 Å². The number of fused-ring (bicyclic) bond motifs is 2. The number of hydrogen-bond acceptors (Lipinski definition) is 5. The SMILES string of the molecule is Cc1cc(NC(=O)c2sc3nc(C)ccc3c2N)c2ccccc2n1. The summed E-state index contributed by atoms with van der Waals surface area (Å²) in [5.74, 6) is -0.228. The maximum atomic E-state index is 12.8. The molecule has 0 unspecified atom stereocenters. The molecule has 25 heavy (non-hydrogen) atoms. The lowest BCUT2D eigenvalue weighted by Gasteiger charge is -2.09. The van der Waals surface area contributed by atoms with E-state index in [2.05, 4.69) is 15.3 Å². The normalized spacial score (nSPS) is 11.1. The second-order valence-electron chi connectivity index (χ2n) is 5.93. The second kappa shape index (κ2) is 5.82. The van der Waals surface area contributed by atoms with E-state index in [0.29, 0.717) is 10.6 Å². The molecule has 0 aliphatic heterocycles. The largest absolute Gasteiger partial charge is 0.397 e. The van der Waals surface area contributed by atoms with Crippen molar-refractivity contribution in [2.75, 3.05) is 11.1 Å². The van der Waals surface area contributed by atoms with E-state index in [-0.39, 0.29) is 5.91 Å². The summed E-state index contributed by atoms with van der Waals surface area (Å²) in [6, 6.07) is 13.4. The Morgan fingerprint density at radius 3 is 2.68 bits per heavy atom. The molecule has 0 aliphatic carbocycles. The molecular weight excluding hydrogens is 332 g/mol. The number of carbonyl (C=O) groups excluding carboxylic acids is 1. The van der Waals surface area contributed by atoms with Crippen LogP contribution in [0.4, 0.5) is 11.4 Å². The Morgan fingerprint density at radius 1 is 1.04 bits per heavy atom. The smallest absolute Gasteiger partial charge is 0.267 e. The zero-order chi connectivity index (χ0) is 17.6. The van der Waals surface area contributed by atoms with Crippen molar-refractivity contribution in [1.29, 1.82) is 0 Å². The molecule has 5 nitrogen and oxygen atoms in total. The predicted octanol–water partition coefficient (Wildman–Crippen LogP) is 4.30. The van der Waals surface area contributed by atoms with Gasteiger partial charge in [0.25, 0.3) is 5.91 Å². The fourth-order valence-electron chi connectivity index (χ4n) is 2.85. The molecule has 0 aliphatic rings. The van der Waals surface area contributed by atoms with Gasteiger partial charge in [-0.05, 0) is 38.1 Å². The first-order chi connectivity index (χ1) is 12.0. The van der Waals surface area contributed by atoms with E-state index in [1.807, 2.05) is 56.3 Å². The van der Waals surface area contributed by atoms with E-state index in [0.717, 1.165) is 38.2 Å². The Bertz CT molecular complexity index is 1130. The van der Waals surface area contributed by atoms with Crippen LogP contribution in [0.2, 0.25) is 0 Å². The number of hydrogen-bond donors (Lipinski definition) is 2. The summed E-state index contributed by atoms with van der Waals surface area (Å²) in [6.45, 7) is 3.82. The van der Waals surface area contributed by atoms with Crippen LogP contribution < -0.4 is 11.1 Å². The van der Waals surface area contributed by atoms with Crippen LogP contribution in [0.25, 0.3) is 21.1 Å². The number of nitrogens with one attached hydrogen (secondary N) is 1. The molecule has 0 atom stereocenters. The lowest BCUT2D eigenvalue weighted by molar-refractivity contribution is 0.103. The van der Waals surface area contributed by atoms with E-state index in [9.17, 15) is 4.79 Å². The molecule has 1 aromatic carbocycles. The molecule has 3 N–H and O–H groups in total. The van der Waals surface area contributed by atoms with Crippen molar-refractivity contribution in [3.05, 3.63) is 58.7 Å². The van der Waals surface area contributed by atoms with E-state index < -0.39 is 0 Å². The molecule has 0 saturated carbocycles. The van der Waals surface area contributed by atoms with Gasteiger partial charge in [0.15, 0.2) is 0 Å². The monoisotopic (exact) mass is 348 g/mol. The van der Waals surface area contributed by atoms with Gasteiger partial charge in [-0.3, -0.25) is 9.78 Å². The number of benzene rings is 1. The summed E-state index contributed by atoms with van der Waals surface area (Å²) in [5, 5.41) is 4.70. The Balaban J connectivity index is 1.77. The zero-order valence-electron chi connectivity index (χ0n) is 13.8. The molecule has 0 radical (unpaired) electrons. The Labute approximate surface area is 148 Å². The summed E-state index contributed by atoms with van der Waals surface area (Å²) in [5.41, 5.74) is 9.98. The second-order valence-corrected chi connectivity index (χ2v) is 6.93. The first-order valence-corrected chi connectivity index (χ1v) is 8.68. The van der Waals surface area contributed by atoms with Crippen LogP contribution in [0.3, 0.4) is 0 Å². The number of nitrogens with zero attached hydrogens (tertiary/aromatic N) is 2. The van der Waals surface area contributed by atoms with Crippen molar-refractivity contribution in [3.8, 4) is 0 Å². The maximum Gasteiger partial charge on any atom is 0.267 e. The van der Waals surface area contributed by atoms with E-state index >= 15 is 0 Å². The number of rotatable bonds is 2. The molecule has 3 aromatic heterocycles. The Kier molecular flexibility index (Phi) is 3.62. The number of nitrogen functional groups attached to an aromatic ring is 1. The minimum Gasteiger partial charge on any atom is -0.397 e. The van der Waals surface area contributed by atoms with Crippen molar-refractivity contribution >= 4 is 49.7 Å². The van der Waals surface area contributed by atoms with Crippen molar-refractivity contribution in [3.63, 3.8) is 0 Å². The van der Waals surface area contributed by atoms with Crippen LogP contribution in [0, 0.1) is 13.8 Å². The molecule has 124 valence electrons. The molecule has 0 bridgehead atoms. The number of pyridine rings is 2. The highest BCUT2D eigenvalue weighted by atomic mass is 32.1. The number of thiophene rings is 1. The molecule has 4 aromatic rings. The van der Waals surface area contributed by atoms with Crippen molar-refractivity contribution < 1.29 is 4.79 Å². The molecule has 6 heteroatoms. The molecule has 3 heterocycles. The van der Waals surface area contributed by atoms with Gasteiger partial charge in [0.2, 0.25) is 0 Å². The van der Waals surface area contributed by atoms with Crippen LogP contribution in [0.15, 0.2) is 42.5 Å². The minimum atomic E-state index is -0.228. The van der Waals surface area contributed by atoms with Crippen molar-refractivity contribution in [2.45, 2.75) is 13.8 Å². The van der Waals surface area contributed by atoms with Crippen LogP contribution in [-0.4, -0.2) is 15.9 Å². The highest BCUT2D eigenvalue weighted by molar-refractivity contribution is 7.21. The molecule has 0 saturated heterocycles. The first kappa shape index (κ1) is 15.5. The van der Waals surface area contributed by atoms with Crippen molar-refractivity contribution in [1.82, 2.24) is 9.97 Å². The predicted molar refractivity (Wildman–Crippen MR) is 103 cm³/mol. The number of amides is 1. The quantitative estimate of drug-likeness (QED) is 0.566. The van der Waals surface area contributed by atoms with Crippen molar-refractivity contribution in [2.24, 2.45) is 0 Å². The van der Waals surface area contributed by atoms with Gasteiger partial charge in [-0.2, -0.15) is 0 Å². The lowest BCUT2D eigenvalue weighted by Crippen LogP contribution is -2.12. The number of para-hydroxylation sites is 1. The zero-order valence-corrected chi connectivity index (χ0v) is 14.6. The molecule has 0 spiro atoms. The van der Waals surface area contributed by atoms with Crippen LogP contribution in [-0.2, 0) is 0 Å². The average Bonchev–Trinajstić information content (AvgIpc) is 2.91. The number of anilines is 2. The van der Waals surface area contributed by atoms with E-state index in [4.69, 9.17) is 5.73 Å². The van der Waals surface area contributed by atoms with Gasteiger partial charge < -0.3 is 11.1 Å². The molecule has 0 fully saturated rings. The third-order valence-electron chi connectivity index (χ3n) is 4.03. The van der Waals surface area contributed by atoms with E-state index in [1.165, 1.54) is 11.3 Å². The fraction of sp³-hybridized carbons (Fsp3) is 0.105. The summed E-state index contributed by atoms with van der Waals surface area (Å²) in [4.78, 5) is 23.0. The summed E-state index contributed by atoms with van der Waals surface area (Å²) >= 11 is 1.31. The average molecular weight is 348 g/mol. The van der Waals surface area contributed by atoms with Gasteiger partial charge in [-0.15, -0.1) is 11.3 Å². The van der Waals surface area contributed by atoms with Gasteiger partial charge in [0.1, 0.15) is 9.71 Å². The number of nitrogens with two attached hydrogens (primary N) is 1. The number of carbonyl (C=O) groups is 1. The molecular formula is C19H16N4OS. The molecule has 4 rings (SSSR count). The lowest BCUT2D eigenvalue weighted by atomic mass is 10.1. The number of aryl methyl sites for hydroxylation is 2. The highest BCUT2D eigenvalue weighted by Gasteiger charge is 2.18. The van der Waals surface area contributed by atoms with Gasteiger partial charge in [-0.25, -0.2) is 4.98 Å². The summed E-state index contributed by atoms with van der Waals surface area (Å²) < 4.78 is 0. The summed E-state index contributed by atoms with van der Waals surface area (Å²) in [6.07, 6.45) is 0. The van der Waals surface area contributed by atoms with Gasteiger partial charge >= 0.3 is 0 Å². The minimum absolute atomic E-state index is 0.228. The van der Waals surface area contributed by atoms with Gasteiger partial charge in [0.05, 0.1) is 16.9 Å². The maximum absolute atomic E-state index is 12.8. The topological polar surface area (TPSA) is 80.9 Å². The van der Waals surface area contributed by atoms with Crippen LogP contribution in [0.5, 0.6) is 0 Å².